The van der Waals surface area contributed by atoms with Crippen LogP contribution in [0.4, 0.5) is 8.78 Å². The highest BCUT2D eigenvalue weighted by Gasteiger charge is 2.38. The molecule has 1 N–H and O–H groups in total. The third-order valence-corrected chi connectivity index (χ3v) is 1.65. The van der Waals surface area contributed by atoms with Crippen LogP contribution in [0.15, 0.2) is 0 Å². The van der Waals surface area contributed by atoms with Crippen molar-refractivity contribution in [2.24, 2.45) is 0 Å². The summed E-state index contributed by atoms with van der Waals surface area (Å²) in [4.78, 5) is 10.5. The van der Waals surface area contributed by atoms with E-state index in [0.717, 1.165) is 29.5 Å². The van der Waals surface area contributed by atoms with Crippen LogP contribution in [-0.4, -0.2) is 22.8 Å². The topological polar surface area (TPSA) is 29.1 Å². The van der Waals surface area contributed by atoms with E-state index in [4.69, 9.17) is 0 Å². The molecule has 0 aromatic heterocycles. The van der Waals surface area contributed by atoms with Gasteiger partial charge in [0.05, 0.1) is 0 Å². The van der Waals surface area contributed by atoms with Crippen molar-refractivity contribution < 1.29 is 13.6 Å². The highest BCUT2D eigenvalue weighted by atomic mass is 127. The summed E-state index contributed by atoms with van der Waals surface area (Å²) in [5.74, 6) is -0.554. The molecule has 0 heterocycles. The number of ketones is 1. The van der Waals surface area contributed by atoms with Crippen molar-refractivity contribution in [2.45, 2.75) is 16.9 Å². The number of nitrogens with one attached hydrogen (secondary N) is 1. The van der Waals surface area contributed by atoms with Crippen molar-refractivity contribution in [1.82, 2.24) is 5.32 Å². The predicted octanol–water partition coefficient (Wildman–Crippen LogP) is 1.19. The second kappa shape index (κ2) is 3.56. The van der Waals surface area contributed by atoms with E-state index in [0.29, 0.717) is 0 Å². The van der Waals surface area contributed by atoms with Crippen LogP contribution in [0.2, 0.25) is 0 Å². The first-order valence-corrected chi connectivity index (χ1v) is 3.72. The molecule has 0 radical (unpaired) electrons. The van der Waals surface area contributed by atoms with Gasteiger partial charge in [0, 0.05) is 22.6 Å². The van der Waals surface area contributed by atoms with Crippen LogP contribution in [-0.2, 0) is 4.79 Å². The van der Waals surface area contributed by atoms with Gasteiger partial charge < -0.3 is 5.32 Å². The number of halogens is 3. The normalized spacial score (nSPS) is 14.9. The van der Waals surface area contributed by atoms with E-state index in [-0.39, 0.29) is 0 Å². The second-order valence-corrected chi connectivity index (χ2v) is 3.31. The smallest absolute Gasteiger partial charge is 0.305 e. The highest BCUT2D eigenvalue weighted by Crippen LogP contribution is 2.26. The van der Waals surface area contributed by atoms with Gasteiger partial charge in [0.25, 0.3) is 0 Å². The van der Waals surface area contributed by atoms with Crippen molar-refractivity contribution in [1.29, 1.82) is 0 Å². The maximum absolute atomic E-state index is 12.3. The molecule has 5 heteroatoms. The van der Waals surface area contributed by atoms with Gasteiger partial charge in [0.2, 0.25) is 0 Å². The van der Waals surface area contributed by atoms with Crippen molar-refractivity contribution in [2.75, 3.05) is 7.05 Å². The first-order chi connectivity index (χ1) is 4.39. The summed E-state index contributed by atoms with van der Waals surface area (Å²) >= 11 is 0.937. The Bertz CT molecular complexity index is 134. The van der Waals surface area contributed by atoms with Crippen molar-refractivity contribution in [3.63, 3.8) is 0 Å². The fraction of sp³-hybridized carbons (Fsp3) is 0.800. The molecule has 2 nitrogen and oxygen atoms in total. The van der Waals surface area contributed by atoms with E-state index in [1.807, 2.05) is 0 Å². The van der Waals surface area contributed by atoms with Gasteiger partial charge in [-0.15, -0.1) is 0 Å². The van der Waals surface area contributed by atoms with Gasteiger partial charge in [-0.05, 0) is 14.0 Å². The lowest BCUT2D eigenvalue weighted by atomic mass is 10.2. The summed E-state index contributed by atoms with van der Waals surface area (Å²) in [6.07, 6.45) is 0. The summed E-state index contributed by atoms with van der Waals surface area (Å²) < 4.78 is 21.7. The third kappa shape index (κ3) is 2.87. The fourth-order valence-electron chi connectivity index (χ4n) is 0.597. The molecule has 0 aromatic carbocycles. The van der Waals surface area contributed by atoms with E-state index < -0.39 is 15.8 Å². The second-order valence-electron chi connectivity index (χ2n) is 1.87. The molecule has 1 atom stereocenters. The Kier molecular flexibility index (Phi) is 3.64. The van der Waals surface area contributed by atoms with Crippen molar-refractivity contribution >= 4 is 28.4 Å². The zero-order valence-corrected chi connectivity index (χ0v) is 7.78. The average Bonchev–Trinajstić information content (AvgIpc) is 1.60. The maximum atomic E-state index is 12.3. The molecule has 0 fully saturated rings. The molecule has 0 rings (SSSR count). The molecule has 0 aliphatic carbocycles. The van der Waals surface area contributed by atoms with Crippen molar-refractivity contribution in [3.8, 4) is 0 Å². The molecule has 0 aromatic rings. The lowest BCUT2D eigenvalue weighted by Gasteiger charge is -2.17. The number of rotatable bonds is 3. The average molecular weight is 263 g/mol. The first kappa shape index (κ1) is 10.2. The number of alkyl halides is 3. The van der Waals surface area contributed by atoms with Crippen LogP contribution in [0.3, 0.4) is 0 Å². The molecular formula is C5H8F2INO. The Morgan fingerprint density at radius 1 is 1.70 bits per heavy atom. The summed E-state index contributed by atoms with van der Waals surface area (Å²) in [5.41, 5.74) is 0. The molecule has 60 valence electrons. The summed E-state index contributed by atoms with van der Waals surface area (Å²) in [6, 6.07) is -1.37. The molecule has 0 bridgehead atoms. The molecule has 0 aliphatic rings. The Balaban J connectivity index is 4.22. The fourth-order valence-corrected chi connectivity index (χ4v) is 1.35. The number of Topliss-reactive ketones (excluding diaryl/α,β-unsaturated/α-hetero) is 1. The zero-order valence-electron chi connectivity index (χ0n) is 5.62. The predicted molar refractivity (Wildman–Crippen MR) is 42.5 cm³/mol. The molecule has 0 aliphatic heterocycles. The van der Waals surface area contributed by atoms with E-state index in [1.165, 1.54) is 7.05 Å². The lowest BCUT2D eigenvalue weighted by molar-refractivity contribution is -0.122. The Labute approximate surface area is 71.5 Å². The number of carbonyl (C=O) groups is 1. The van der Waals surface area contributed by atoms with E-state index >= 15 is 0 Å². The zero-order chi connectivity index (χ0) is 8.36. The molecule has 1 unspecified atom stereocenters. The van der Waals surface area contributed by atoms with Crippen LogP contribution in [0, 0.1) is 0 Å². The van der Waals surface area contributed by atoms with Gasteiger partial charge in [-0.3, -0.25) is 4.79 Å². The molecule has 0 amide bonds. The monoisotopic (exact) mass is 263 g/mol. The van der Waals surface area contributed by atoms with Crippen LogP contribution in [0.5, 0.6) is 0 Å². The SMILES string of the molecule is CNC(C(C)=O)C(F)(F)I. The largest absolute Gasteiger partial charge is 0.318 e. The van der Waals surface area contributed by atoms with Gasteiger partial charge in [-0.25, -0.2) is 0 Å². The van der Waals surface area contributed by atoms with Crippen LogP contribution in [0.25, 0.3) is 0 Å². The number of hydrogen-bond donors (Lipinski definition) is 1. The molecule has 0 spiro atoms. The number of carbonyl (C=O) groups excluding carboxylic acids is 1. The van der Waals surface area contributed by atoms with Gasteiger partial charge in [-0.2, -0.15) is 8.78 Å². The number of hydrogen-bond acceptors (Lipinski definition) is 2. The van der Waals surface area contributed by atoms with E-state index in [1.54, 1.807) is 0 Å². The minimum atomic E-state index is -3.00. The Morgan fingerprint density at radius 3 is 2.10 bits per heavy atom. The summed E-state index contributed by atoms with van der Waals surface area (Å²) in [5, 5.41) is 2.23. The highest BCUT2D eigenvalue weighted by molar-refractivity contribution is 14.1. The van der Waals surface area contributed by atoms with Crippen LogP contribution >= 0.6 is 22.6 Å². The Morgan fingerprint density at radius 2 is 2.10 bits per heavy atom. The minimum Gasteiger partial charge on any atom is -0.305 e. The van der Waals surface area contributed by atoms with Gasteiger partial charge in [0.15, 0.2) is 5.78 Å². The van der Waals surface area contributed by atoms with Crippen LogP contribution < -0.4 is 5.32 Å². The van der Waals surface area contributed by atoms with Crippen LogP contribution in [0.1, 0.15) is 6.92 Å². The lowest BCUT2D eigenvalue weighted by Crippen LogP contribution is -2.44. The quantitative estimate of drug-likeness (QED) is 0.612. The molecular weight excluding hydrogens is 255 g/mol. The van der Waals surface area contributed by atoms with E-state index in [2.05, 4.69) is 5.32 Å². The third-order valence-electron chi connectivity index (χ3n) is 1.02. The van der Waals surface area contributed by atoms with Gasteiger partial charge in [-0.1, -0.05) is 0 Å². The summed E-state index contributed by atoms with van der Waals surface area (Å²) in [7, 11) is 1.33. The standard InChI is InChI=1S/C5H8F2INO/c1-3(10)4(9-2)5(6,7)8/h4,9H,1-2H3. The number of likely N-dealkylation sites (N-methyl/N-ethyl adjacent to an activating group) is 1. The molecule has 10 heavy (non-hydrogen) atoms. The maximum Gasteiger partial charge on any atom is 0.318 e. The first-order valence-electron chi connectivity index (χ1n) is 2.64. The van der Waals surface area contributed by atoms with E-state index in [9.17, 15) is 13.6 Å². The van der Waals surface area contributed by atoms with Gasteiger partial charge in [0.1, 0.15) is 6.04 Å². The van der Waals surface area contributed by atoms with Crippen molar-refractivity contribution in [3.05, 3.63) is 0 Å². The minimum absolute atomic E-state index is 0.554. The van der Waals surface area contributed by atoms with Gasteiger partial charge >= 0.3 is 3.93 Å². The molecule has 0 saturated carbocycles. The Hall–Kier alpha value is 0.220. The summed E-state index contributed by atoms with van der Waals surface area (Å²) in [6.45, 7) is 1.13. The molecule has 0 saturated heterocycles.